The Bertz CT molecular complexity index is 1210. The van der Waals surface area contributed by atoms with Gasteiger partial charge in [-0.25, -0.2) is 13.4 Å². The van der Waals surface area contributed by atoms with E-state index in [9.17, 15) is 13.2 Å². The smallest absolute Gasteiger partial charge is 0.243 e. The lowest BCUT2D eigenvalue weighted by atomic mass is 10.1. The van der Waals surface area contributed by atoms with Crippen LogP contribution in [0.25, 0.3) is 11.5 Å². The first kappa shape index (κ1) is 23.7. The maximum atomic E-state index is 13.0. The molecule has 8 heteroatoms. The van der Waals surface area contributed by atoms with Gasteiger partial charge in [0.15, 0.2) is 0 Å². The average molecular weight is 456 g/mol. The van der Waals surface area contributed by atoms with Crippen LogP contribution in [0.5, 0.6) is 0 Å². The lowest BCUT2D eigenvalue weighted by Crippen LogP contribution is -2.30. The molecule has 0 aliphatic carbocycles. The first-order valence-corrected chi connectivity index (χ1v) is 12.0. The van der Waals surface area contributed by atoms with Gasteiger partial charge in [0, 0.05) is 24.3 Å². The quantitative estimate of drug-likeness (QED) is 0.541. The molecule has 3 aromatic rings. The van der Waals surface area contributed by atoms with Crippen molar-refractivity contribution in [1.82, 2.24) is 9.29 Å². The average Bonchev–Trinajstić information content (AvgIpc) is 3.12. The third-order valence-corrected chi connectivity index (χ3v) is 7.53. The van der Waals surface area contributed by atoms with Crippen molar-refractivity contribution < 1.29 is 17.6 Å². The Balaban J connectivity index is 1.84. The van der Waals surface area contributed by atoms with E-state index in [4.69, 9.17) is 4.42 Å². The lowest BCUT2D eigenvalue weighted by Gasteiger charge is -2.20. The molecule has 1 N–H and O–H groups in total. The number of rotatable bonds is 8. The van der Waals surface area contributed by atoms with Gasteiger partial charge in [0.25, 0.3) is 0 Å². The number of hydrogen-bond donors (Lipinski definition) is 1. The summed E-state index contributed by atoms with van der Waals surface area (Å²) in [5.74, 6) is 0.746. The lowest BCUT2D eigenvalue weighted by molar-refractivity contribution is -0.115. The van der Waals surface area contributed by atoms with Crippen LogP contribution in [0.15, 0.2) is 51.8 Å². The Morgan fingerprint density at radius 2 is 1.72 bits per heavy atom. The molecule has 7 nitrogen and oxygen atoms in total. The van der Waals surface area contributed by atoms with Crippen LogP contribution in [0.4, 0.5) is 5.69 Å². The summed E-state index contributed by atoms with van der Waals surface area (Å²) < 4.78 is 33.0. The van der Waals surface area contributed by atoms with E-state index in [0.717, 1.165) is 16.7 Å². The Labute approximate surface area is 189 Å². The Kier molecular flexibility index (Phi) is 7.16. The fourth-order valence-electron chi connectivity index (χ4n) is 3.46. The van der Waals surface area contributed by atoms with Crippen molar-refractivity contribution in [2.45, 2.75) is 45.9 Å². The van der Waals surface area contributed by atoms with Crippen LogP contribution in [0.1, 0.15) is 36.4 Å². The van der Waals surface area contributed by atoms with Gasteiger partial charge in [-0.3, -0.25) is 4.79 Å². The van der Waals surface area contributed by atoms with Gasteiger partial charge in [0.2, 0.25) is 21.8 Å². The number of oxazole rings is 1. The molecule has 1 heterocycles. The van der Waals surface area contributed by atoms with Crippen molar-refractivity contribution in [1.29, 1.82) is 0 Å². The summed E-state index contributed by atoms with van der Waals surface area (Å²) in [6.07, 6.45) is 0.0215. The molecule has 32 heavy (non-hydrogen) atoms. The number of amides is 1. The number of aryl methyl sites for hydroxylation is 2. The van der Waals surface area contributed by atoms with Crippen molar-refractivity contribution in [2.24, 2.45) is 0 Å². The monoisotopic (exact) mass is 455 g/mol. The molecule has 2 aromatic carbocycles. The van der Waals surface area contributed by atoms with Crippen molar-refractivity contribution in [2.75, 3.05) is 18.4 Å². The molecule has 0 saturated heterocycles. The first-order valence-electron chi connectivity index (χ1n) is 10.6. The maximum Gasteiger partial charge on any atom is 0.243 e. The zero-order chi connectivity index (χ0) is 23.5. The highest BCUT2D eigenvalue weighted by molar-refractivity contribution is 7.89. The van der Waals surface area contributed by atoms with Crippen molar-refractivity contribution in [3.8, 4) is 11.5 Å². The molecule has 0 aliphatic rings. The van der Waals surface area contributed by atoms with Crippen LogP contribution in [0.2, 0.25) is 0 Å². The fraction of sp³-hybridized carbons (Fsp3) is 0.333. The Morgan fingerprint density at radius 1 is 1.06 bits per heavy atom. The number of nitrogens with zero attached hydrogens (tertiary/aromatic N) is 2. The van der Waals surface area contributed by atoms with E-state index in [-0.39, 0.29) is 17.2 Å². The van der Waals surface area contributed by atoms with Crippen LogP contribution in [0.3, 0.4) is 0 Å². The molecule has 0 fully saturated rings. The van der Waals surface area contributed by atoms with Gasteiger partial charge in [-0.05, 0) is 56.2 Å². The van der Waals surface area contributed by atoms with Crippen LogP contribution in [0, 0.1) is 20.8 Å². The van der Waals surface area contributed by atoms with Gasteiger partial charge in [-0.15, -0.1) is 0 Å². The molecule has 0 radical (unpaired) electrons. The van der Waals surface area contributed by atoms with Crippen LogP contribution in [-0.4, -0.2) is 36.7 Å². The molecular weight excluding hydrogens is 426 g/mol. The van der Waals surface area contributed by atoms with Gasteiger partial charge in [-0.2, -0.15) is 4.31 Å². The second-order valence-electron chi connectivity index (χ2n) is 7.61. The van der Waals surface area contributed by atoms with Crippen LogP contribution < -0.4 is 5.32 Å². The number of hydrogen-bond acceptors (Lipinski definition) is 5. The molecule has 3 rings (SSSR count). The normalized spacial score (nSPS) is 11.7. The van der Waals surface area contributed by atoms with Crippen LogP contribution in [-0.2, 0) is 21.2 Å². The van der Waals surface area contributed by atoms with Gasteiger partial charge in [-0.1, -0.05) is 32.0 Å². The Morgan fingerprint density at radius 3 is 2.34 bits per heavy atom. The molecular formula is C24H29N3O4S. The van der Waals surface area contributed by atoms with Crippen LogP contribution >= 0.6 is 0 Å². The highest BCUT2D eigenvalue weighted by Gasteiger charge is 2.24. The number of sulfonamides is 1. The molecule has 0 bridgehead atoms. The molecule has 1 amide bonds. The minimum atomic E-state index is -3.64. The van der Waals surface area contributed by atoms with Gasteiger partial charge in [0.1, 0.15) is 5.76 Å². The number of benzene rings is 2. The Hall–Kier alpha value is -2.97. The number of carbonyl (C=O) groups is 1. The molecule has 0 spiro atoms. The summed E-state index contributed by atoms with van der Waals surface area (Å²) in [5, 5.41) is 2.86. The molecule has 170 valence electrons. The number of anilines is 1. The van der Waals surface area contributed by atoms with E-state index < -0.39 is 10.0 Å². The SMILES string of the molecule is CCN(CC)S(=O)(=O)c1cc(C)c(C)c(NC(=O)Cc2nc(-c3ccccc3)oc2C)c1. The first-order chi connectivity index (χ1) is 15.2. The highest BCUT2D eigenvalue weighted by Crippen LogP contribution is 2.27. The van der Waals surface area contributed by atoms with E-state index in [1.54, 1.807) is 26.8 Å². The molecule has 0 saturated carbocycles. The van der Waals surface area contributed by atoms with E-state index in [1.165, 1.54) is 10.4 Å². The molecule has 1 aromatic heterocycles. The van der Waals surface area contributed by atoms with Crippen molar-refractivity contribution in [3.05, 3.63) is 65.0 Å². The van der Waals surface area contributed by atoms with E-state index in [0.29, 0.717) is 36.1 Å². The van der Waals surface area contributed by atoms with Gasteiger partial charge in [0.05, 0.1) is 17.0 Å². The number of nitrogens with one attached hydrogen (secondary N) is 1. The summed E-state index contributed by atoms with van der Waals surface area (Å²) in [7, 11) is -3.64. The summed E-state index contributed by atoms with van der Waals surface area (Å²) in [5.41, 5.74) is 3.46. The van der Waals surface area contributed by atoms with Crippen molar-refractivity contribution in [3.63, 3.8) is 0 Å². The number of aromatic nitrogens is 1. The van der Waals surface area contributed by atoms with E-state index >= 15 is 0 Å². The zero-order valence-corrected chi connectivity index (χ0v) is 19.9. The second kappa shape index (κ2) is 9.67. The van der Waals surface area contributed by atoms with Gasteiger partial charge >= 0.3 is 0 Å². The summed E-state index contributed by atoms with van der Waals surface area (Å²) in [6, 6.07) is 12.7. The summed E-state index contributed by atoms with van der Waals surface area (Å²) >= 11 is 0. The van der Waals surface area contributed by atoms with E-state index in [1.807, 2.05) is 44.2 Å². The van der Waals surface area contributed by atoms with E-state index in [2.05, 4.69) is 10.3 Å². The minimum absolute atomic E-state index is 0.0215. The highest BCUT2D eigenvalue weighted by atomic mass is 32.2. The largest absolute Gasteiger partial charge is 0.441 e. The molecule has 0 aliphatic heterocycles. The topological polar surface area (TPSA) is 92.5 Å². The summed E-state index contributed by atoms with van der Waals surface area (Å²) in [4.78, 5) is 17.4. The third-order valence-electron chi connectivity index (χ3n) is 5.50. The summed E-state index contributed by atoms with van der Waals surface area (Å²) in [6.45, 7) is 9.82. The maximum absolute atomic E-state index is 13.0. The molecule has 0 unspecified atom stereocenters. The van der Waals surface area contributed by atoms with Crippen molar-refractivity contribution >= 4 is 21.6 Å². The standard InChI is InChI=1S/C24H29N3O4S/c1-6-27(7-2)32(29,30)20-13-16(3)17(4)21(14-20)25-23(28)15-22-18(5)31-24(26-22)19-11-9-8-10-12-19/h8-14H,6-7,15H2,1-5H3,(H,25,28). The predicted octanol–water partition coefficient (Wildman–Crippen LogP) is 4.48. The minimum Gasteiger partial charge on any atom is -0.441 e. The number of carbonyl (C=O) groups excluding carboxylic acids is 1. The fourth-order valence-corrected chi connectivity index (χ4v) is 5.03. The second-order valence-corrected chi connectivity index (χ2v) is 9.55. The zero-order valence-electron chi connectivity index (χ0n) is 19.1. The van der Waals surface area contributed by atoms with Gasteiger partial charge < -0.3 is 9.73 Å². The molecule has 0 atom stereocenters. The third kappa shape index (κ3) is 4.92. The predicted molar refractivity (Wildman–Crippen MR) is 125 cm³/mol.